The fourth-order valence-corrected chi connectivity index (χ4v) is 4.17. The van der Waals surface area contributed by atoms with Crippen molar-refractivity contribution in [3.63, 3.8) is 0 Å². The van der Waals surface area contributed by atoms with E-state index in [4.69, 9.17) is 5.73 Å². The number of hydrogen-bond donors (Lipinski definition) is 1. The number of Topliss-reactive ketones (excluding diaryl/α,β-unsaturated/α-hetero) is 1. The summed E-state index contributed by atoms with van der Waals surface area (Å²) in [5.74, 6) is -0.134. The van der Waals surface area contributed by atoms with E-state index in [2.05, 4.69) is 0 Å². The van der Waals surface area contributed by atoms with Gasteiger partial charge in [-0.1, -0.05) is 30.3 Å². The van der Waals surface area contributed by atoms with Crippen molar-refractivity contribution >= 4 is 23.3 Å². The Hall–Kier alpha value is -2.95. The van der Waals surface area contributed by atoms with Crippen LogP contribution in [0.15, 0.2) is 48.5 Å². The summed E-state index contributed by atoms with van der Waals surface area (Å²) in [7, 11) is 0. The number of benzene rings is 2. The van der Waals surface area contributed by atoms with E-state index in [0.717, 1.165) is 29.7 Å². The highest BCUT2D eigenvalue weighted by atomic mass is 16.2. The third-order valence-electron chi connectivity index (χ3n) is 5.56. The van der Waals surface area contributed by atoms with Crippen LogP contribution in [0.25, 0.3) is 0 Å². The van der Waals surface area contributed by atoms with Crippen LogP contribution in [0, 0.1) is 0 Å². The molecule has 0 bridgehead atoms. The number of aryl methyl sites for hydroxylation is 1. The summed E-state index contributed by atoms with van der Waals surface area (Å²) in [6.07, 6.45) is 3.22. The fourth-order valence-electron chi connectivity index (χ4n) is 4.17. The molecule has 3 rings (SSSR count). The number of ketones is 1. The maximum absolute atomic E-state index is 13.3. The third-order valence-corrected chi connectivity index (χ3v) is 5.56. The Morgan fingerprint density at radius 3 is 2.41 bits per heavy atom. The first kappa shape index (κ1) is 20.8. The Bertz CT molecular complexity index is 905. The molecule has 152 valence electrons. The normalized spacial score (nSPS) is 18.2. The topological polar surface area (TPSA) is 80.5 Å². The Kier molecular flexibility index (Phi) is 6.47. The van der Waals surface area contributed by atoms with Crippen LogP contribution in [-0.2, 0) is 16.0 Å². The highest BCUT2D eigenvalue weighted by Crippen LogP contribution is 2.40. The molecule has 0 fully saturated rings. The van der Waals surface area contributed by atoms with Gasteiger partial charge in [-0.3, -0.25) is 9.59 Å². The molecule has 2 amide bonds. The van der Waals surface area contributed by atoms with Gasteiger partial charge in [0.25, 0.3) is 5.91 Å². The van der Waals surface area contributed by atoms with E-state index in [1.165, 1.54) is 0 Å². The summed E-state index contributed by atoms with van der Waals surface area (Å²) in [6.45, 7) is 3.62. The van der Waals surface area contributed by atoms with Crippen LogP contribution in [0.3, 0.4) is 0 Å². The minimum absolute atomic E-state index is 0.0306. The lowest BCUT2D eigenvalue weighted by Crippen LogP contribution is -2.43. The minimum atomic E-state index is -0.322. The number of carbonyl (C=O) groups excluding carboxylic acids is 3. The van der Waals surface area contributed by atoms with E-state index < -0.39 is 0 Å². The second-order valence-electron chi connectivity index (χ2n) is 7.94. The highest BCUT2D eigenvalue weighted by molar-refractivity contribution is 6.07. The number of para-hydroxylation sites is 1. The van der Waals surface area contributed by atoms with Gasteiger partial charge < -0.3 is 15.4 Å². The minimum Gasteiger partial charge on any atom is -0.370 e. The predicted molar refractivity (Wildman–Crippen MR) is 114 cm³/mol. The van der Waals surface area contributed by atoms with Gasteiger partial charge in [0.1, 0.15) is 5.78 Å². The fraction of sp³-hybridized carbons (Fsp3) is 0.375. The Labute approximate surface area is 171 Å². The van der Waals surface area contributed by atoms with Gasteiger partial charge in [-0.15, -0.1) is 0 Å². The Balaban J connectivity index is 1.81. The van der Waals surface area contributed by atoms with Crippen molar-refractivity contribution in [3.8, 4) is 0 Å². The van der Waals surface area contributed by atoms with E-state index in [0.29, 0.717) is 24.8 Å². The number of amides is 2. The molecule has 0 radical (unpaired) electrons. The molecule has 1 aliphatic rings. The quantitative estimate of drug-likeness (QED) is 0.773. The van der Waals surface area contributed by atoms with Crippen molar-refractivity contribution in [1.29, 1.82) is 0 Å². The van der Waals surface area contributed by atoms with Crippen LogP contribution in [0.2, 0.25) is 0 Å². The molecule has 2 N–H and O–H groups in total. The Morgan fingerprint density at radius 2 is 1.76 bits per heavy atom. The monoisotopic (exact) mass is 392 g/mol. The number of anilines is 1. The molecule has 0 aliphatic carbocycles. The lowest BCUT2D eigenvalue weighted by Gasteiger charge is -2.39. The first-order valence-corrected chi connectivity index (χ1v) is 10.2. The molecule has 0 saturated heterocycles. The maximum Gasteiger partial charge on any atom is 0.258 e. The van der Waals surface area contributed by atoms with E-state index in [-0.39, 0.29) is 29.6 Å². The molecule has 0 unspecified atom stereocenters. The maximum atomic E-state index is 13.3. The summed E-state index contributed by atoms with van der Waals surface area (Å²) in [5.41, 5.74) is 9.05. The predicted octanol–water partition coefficient (Wildman–Crippen LogP) is 4.00. The zero-order chi connectivity index (χ0) is 21.0. The average Bonchev–Trinajstić information content (AvgIpc) is 2.67. The summed E-state index contributed by atoms with van der Waals surface area (Å²) < 4.78 is 0. The average molecular weight is 392 g/mol. The molecule has 0 aromatic heterocycles. The van der Waals surface area contributed by atoms with Crippen LogP contribution in [0.1, 0.15) is 66.9 Å². The summed E-state index contributed by atoms with van der Waals surface area (Å²) in [4.78, 5) is 37.7. The van der Waals surface area contributed by atoms with E-state index in [1.54, 1.807) is 6.92 Å². The van der Waals surface area contributed by atoms with Gasteiger partial charge in [0.2, 0.25) is 5.91 Å². The number of hydrogen-bond acceptors (Lipinski definition) is 3. The molecule has 0 saturated carbocycles. The molecule has 5 nitrogen and oxygen atoms in total. The molecule has 2 aromatic rings. The van der Waals surface area contributed by atoms with Crippen LogP contribution in [0.5, 0.6) is 0 Å². The van der Waals surface area contributed by atoms with Crippen molar-refractivity contribution < 1.29 is 14.4 Å². The van der Waals surface area contributed by atoms with Gasteiger partial charge >= 0.3 is 0 Å². The van der Waals surface area contributed by atoms with Crippen LogP contribution in [-0.4, -0.2) is 23.6 Å². The largest absolute Gasteiger partial charge is 0.370 e. The third kappa shape index (κ3) is 4.91. The molecular formula is C24H28N2O3. The summed E-state index contributed by atoms with van der Waals surface area (Å²) >= 11 is 0. The van der Waals surface area contributed by atoms with E-state index >= 15 is 0 Å². The van der Waals surface area contributed by atoms with E-state index in [9.17, 15) is 14.4 Å². The first-order valence-electron chi connectivity index (χ1n) is 10.2. The molecule has 1 heterocycles. The van der Waals surface area contributed by atoms with Crippen molar-refractivity contribution in [2.75, 3.05) is 4.90 Å². The molecular weight excluding hydrogens is 364 g/mol. The van der Waals surface area contributed by atoms with Gasteiger partial charge in [-0.25, -0.2) is 0 Å². The van der Waals surface area contributed by atoms with Crippen molar-refractivity contribution in [2.24, 2.45) is 5.73 Å². The number of nitrogens with zero attached hydrogens (tertiary/aromatic N) is 1. The molecule has 5 heteroatoms. The van der Waals surface area contributed by atoms with Gasteiger partial charge in [0, 0.05) is 30.1 Å². The molecule has 29 heavy (non-hydrogen) atoms. The zero-order valence-corrected chi connectivity index (χ0v) is 17.1. The van der Waals surface area contributed by atoms with Gasteiger partial charge in [0.15, 0.2) is 0 Å². The summed E-state index contributed by atoms with van der Waals surface area (Å²) in [5, 5.41) is 0. The number of fused-ring (bicyclic) bond motifs is 1. The molecule has 2 atom stereocenters. The van der Waals surface area contributed by atoms with Crippen LogP contribution >= 0.6 is 0 Å². The number of primary amides is 1. The van der Waals surface area contributed by atoms with Crippen molar-refractivity contribution in [3.05, 3.63) is 65.2 Å². The van der Waals surface area contributed by atoms with Crippen molar-refractivity contribution in [2.45, 2.75) is 57.9 Å². The van der Waals surface area contributed by atoms with Gasteiger partial charge in [-0.05, 0) is 68.4 Å². The highest BCUT2D eigenvalue weighted by Gasteiger charge is 2.34. The second-order valence-corrected chi connectivity index (χ2v) is 7.94. The second kappa shape index (κ2) is 9.03. The number of rotatable bonds is 7. The van der Waals surface area contributed by atoms with Gasteiger partial charge in [0.05, 0.1) is 0 Å². The zero-order valence-electron chi connectivity index (χ0n) is 17.1. The van der Waals surface area contributed by atoms with Crippen molar-refractivity contribution in [1.82, 2.24) is 0 Å². The number of carbonyl (C=O) groups is 3. The van der Waals surface area contributed by atoms with E-state index in [1.807, 2.05) is 60.4 Å². The SMILES string of the molecule is CC(=O)CCCc1ccc(C(=O)N2c3ccccc3[C@@H](CC(N)=O)C[C@@H]2C)cc1. The standard InChI is InChI=1S/C24H28N2O3/c1-16-14-20(15-23(25)28)21-8-3-4-9-22(21)26(16)24(29)19-12-10-18(11-13-19)7-5-6-17(2)27/h3-4,8-13,16,20H,5-7,14-15H2,1-2H3,(H2,25,28)/t16-,20+/m0/s1. The Morgan fingerprint density at radius 1 is 1.07 bits per heavy atom. The lowest BCUT2D eigenvalue weighted by atomic mass is 9.83. The van der Waals surface area contributed by atoms with Crippen LogP contribution < -0.4 is 10.6 Å². The molecule has 2 aromatic carbocycles. The smallest absolute Gasteiger partial charge is 0.258 e. The summed E-state index contributed by atoms with van der Waals surface area (Å²) in [6, 6.07) is 15.4. The van der Waals surface area contributed by atoms with Gasteiger partial charge in [-0.2, -0.15) is 0 Å². The molecule has 0 spiro atoms. The lowest BCUT2D eigenvalue weighted by molar-refractivity contribution is -0.118. The molecule has 1 aliphatic heterocycles. The van der Waals surface area contributed by atoms with Crippen LogP contribution in [0.4, 0.5) is 5.69 Å². The number of nitrogens with two attached hydrogens (primary N) is 1. The first-order chi connectivity index (χ1) is 13.9.